The molecule has 2 aliphatic heterocycles. The summed E-state index contributed by atoms with van der Waals surface area (Å²) in [5, 5.41) is 12.3. The fourth-order valence-electron chi connectivity index (χ4n) is 3.29. The van der Waals surface area contributed by atoms with E-state index in [2.05, 4.69) is 5.32 Å². The summed E-state index contributed by atoms with van der Waals surface area (Å²) >= 11 is 0. The number of hydrogen-bond acceptors (Lipinski definition) is 3. The number of likely N-dealkylation sites (tertiary alicyclic amines) is 1. The van der Waals surface area contributed by atoms with E-state index in [4.69, 9.17) is 4.74 Å². The number of ether oxygens (including phenoxy) is 1. The van der Waals surface area contributed by atoms with Crippen LogP contribution < -0.4 is 10.1 Å². The highest BCUT2D eigenvalue weighted by molar-refractivity contribution is 5.79. The minimum atomic E-state index is -0.849. The lowest BCUT2D eigenvalue weighted by Crippen LogP contribution is -2.44. The first-order valence-corrected chi connectivity index (χ1v) is 7.93. The molecule has 3 atom stereocenters. The molecule has 23 heavy (non-hydrogen) atoms. The molecule has 0 radical (unpaired) electrons. The number of carbonyl (C=O) groups excluding carboxylic acids is 1. The summed E-state index contributed by atoms with van der Waals surface area (Å²) in [6.45, 7) is 4.38. The summed E-state index contributed by atoms with van der Waals surface area (Å²) in [4.78, 5) is 25.4. The summed E-state index contributed by atoms with van der Waals surface area (Å²) in [6.07, 6.45) is 1.21. The molecule has 0 saturated carbocycles. The Labute approximate surface area is 135 Å². The van der Waals surface area contributed by atoms with Gasteiger partial charge in [0.2, 0.25) is 0 Å². The molecule has 1 aromatic carbocycles. The zero-order chi connectivity index (χ0) is 16.6. The molecule has 1 saturated heterocycles. The predicted octanol–water partition coefficient (Wildman–Crippen LogP) is 2.40. The third-order valence-corrected chi connectivity index (χ3v) is 4.76. The number of rotatable bonds is 2. The van der Waals surface area contributed by atoms with E-state index in [1.807, 2.05) is 31.2 Å². The minimum absolute atomic E-state index is 0.0260. The SMILES string of the molecule is C[C@@H]1C[C@@H](NC(=O)N2CCC(C)(C(=O)O)C2)c2ccccc2O1. The van der Waals surface area contributed by atoms with Crippen LogP contribution in [0.4, 0.5) is 4.79 Å². The number of urea groups is 1. The third kappa shape index (κ3) is 2.98. The molecular formula is C17H22N2O4. The summed E-state index contributed by atoms with van der Waals surface area (Å²) in [5.74, 6) is -0.0498. The molecule has 2 heterocycles. The molecule has 0 bridgehead atoms. The maximum Gasteiger partial charge on any atom is 0.317 e. The van der Waals surface area contributed by atoms with Crippen molar-refractivity contribution in [2.24, 2.45) is 5.41 Å². The van der Waals surface area contributed by atoms with Crippen molar-refractivity contribution in [1.29, 1.82) is 0 Å². The quantitative estimate of drug-likeness (QED) is 0.877. The lowest BCUT2D eigenvalue weighted by atomic mass is 9.90. The summed E-state index contributed by atoms with van der Waals surface area (Å²) in [7, 11) is 0. The minimum Gasteiger partial charge on any atom is -0.490 e. The molecule has 1 fully saturated rings. The van der Waals surface area contributed by atoms with E-state index >= 15 is 0 Å². The average molecular weight is 318 g/mol. The zero-order valence-corrected chi connectivity index (χ0v) is 13.4. The topological polar surface area (TPSA) is 78.9 Å². The monoisotopic (exact) mass is 318 g/mol. The average Bonchev–Trinajstić information content (AvgIpc) is 2.91. The number of para-hydroxylation sites is 1. The third-order valence-electron chi connectivity index (χ3n) is 4.76. The Balaban J connectivity index is 1.71. The van der Waals surface area contributed by atoms with Crippen molar-refractivity contribution in [1.82, 2.24) is 10.2 Å². The van der Waals surface area contributed by atoms with Crippen LogP contribution in [0.25, 0.3) is 0 Å². The number of fused-ring (bicyclic) bond motifs is 1. The van der Waals surface area contributed by atoms with Crippen molar-refractivity contribution in [3.8, 4) is 5.75 Å². The second-order valence-electron chi connectivity index (χ2n) is 6.74. The Hall–Kier alpha value is -2.24. The second-order valence-corrected chi connectivity index (χ2v) is 6.74. The largest absolute Gasteiger partial charge is 0.490 e. The van der Waals surface area contributed by atoms with Gasteiger partial charge in [0.25, 0.3) is 0 Å². The van der Waals surface area contributed by atoms with Crippen LogP contribution in [0.1, 0.15) is 38.3 Å². The molecule has 0 spiro atoms. The van der Waals surface area contributed by atoms with Gasteiger partial charge in [0.15, 0.2) is 0 Å². The molecule has 6 nitrogen and oxygen atoms in total. The first-order chi connectivity index (χ1) is 10.9. The van der Waals surface area contributed by atoms with Gasteiger partial charge in [-0.05, 0) is 26.3 Å². The van der Waals surface area contributed by atoms with Crippen LogP contribution in [-0.4, -0.2) is 41.2 Å². The molecule has 124 valence electrons. The van der Waals surface area contributed by atoms with Gasteiger partial charge in [-0.15, -0.1) is 0 Å². The standard InChI is InChI=1S/C17H22N2O4/c1-11-9-13(12-5-3-4-6-14(12)23-11)18-16(22)19-8-7-17(2,10-19)15(20)21/h3-6,11,13H,7-10H2,1-2H3,(H,18,22)(H,20,21)/t11-,13-,17?/m1/s1. The molecular weight excluding hydrogens is 296 g/mol. The van der Waals surface area contributed by atoms with Crippen LogP contribution in [0.5, 0.6) is 5.75 Å². The van der Waals surface area contributed by atoms with Crippen molar-refractivity contribution in [3.05, 3.63) is 29.8 Å². The Morgan fingerprint density at radius 2 is 2.13 bits per heavy atom. The van der Waals surface area contributed by atoms with Crippen LogP contribution in [0.3, 0.4) is 0 Å². The van der Waals surface area contributed by atoms with E-state index in [1.54, 1.807) is 11.8 Å². The number of nitrogens with zero attached hydrogens (tertiary/aromatic N) is 1. The number of carbonyl (C=O) groups is 2. The smallest absolute Gasteiger partial charge is 0.317 e. The Morgan fingerprint density at radius 1 is 1.39 bits per heavy atom. The van der Waals surface area contributed by atoms with Crippen molar-refractivity contribution in [2.45, 2.75) is 38.8 Å². The lowest BCUT2D eigenvalue weighted by molar-refractivity contribution is -0.147. The van der Waals surface area contributed by atoms with Gasteiger partial charge in [0.05, 0.1) is 17.6 Å². The molecule has 0 aromatic heterocycles. The highest BCUT2D eigenvalue weighted by Crippen LogP contribution is 2.35. The number of carboxylic acids is 1. The van der Waals surface area contributed by atoms with Crippen molar-refractivity contribution < 1.29 is 19.4 Å². The maximum absolute atomic E-state index is 12.5. The van der Waals surface area contributed by atoms with Gasteiger partial charge >= 0.3 is 12.0 Å². The van der Waals surface area contributed by atoms with E-state index < -0.39 is 11.4 Å². The fraction of sp³-hybridized carbons (Fsp3) is 0.529. The van der Waals surface area contributed by atoms with Gasteiger partial charge in [-0.25, -0.2) is 4.79 Å². The number of nitrogens with one attached hydrogen (secondary N) is 1. The van der Waals surface area contributed by atoms with Crippen LogP contribution in [0.2, 0.25) is 0 Å². The van der Waals surface area contributed by atoms with E-state index in [9.17, 15) is 14.7 Å². The molecule has 3 rings (SSSR count). The van der Waals surface area contributed by atoms with Crippen molar-refractivity contribution in [2.75, 3.05) is 13.1 Å². The van der Waals surface area contributed by atoms with Crippen LogP contribution >= 0.6 is 0 Å². The number of benzene rings is 1. The first kappa shape index (κ1) is 15.6. The van der Waals surface area contributed by atoms with Gasteiger partial charge in [0.1, 0.15) is 5.75 Å². The predicted molar refractivity (Wildman–Crippen MR) is 84.4 cm³/mol. The summed E-state index contributed by atoms with van der Waals surface area (Å²) < 4.78 is 5.79. The van der Waals surface area contributed by atoms with E-state index in [0.29, 0.717) is 19.4 Å². The molecule has 2 N–H and O–H groups in total. The number of hydrogen-bond donors (Lipinski definition) is 2. The normalized spacial score (nSPS) is 29.6. The molecule has 2 amide bonds. The zero-order valence-electron chi connectivity index (χ0n) is 13.4. The maximum atomic E-state index is 12.5. The Morgan fingerprint density at radius 3 is 2.83 bits per heavy atom. The number of aliphatic carboxylic acids is 1. The van der Waals surface area contributed by atoms with Crippen molar-refractivity contribution in [3.63, 3.8) is 0 Å². The van der Waals surface area contributed by atoms with Gasteiger partial charge < -0.3 is 20.1 Å². The van der Waals surface area contributed by atoms with E-state index in [-0.39, 0.29) is 24.7 Å². The first-order valence-electron chi connectivity index (χ1n) is 7.93. The highest BCUT2D eigenvalue weighted by atomic mass is 16.5. The second kappa shape index (κ2) is 5.76. The molecule has 2 aliphatic rings. The number of carboxylic acid groups (broad SMARTS) is 1. The fourth-order valence-corrected chi connectivity index (χ4v) is 3.29. The molecule has 1 aromatic rings. The molecule has 1 unspecified atom stereocenters. The summed E-state index contributed by atoms with van der Waals surface area (Å²) in [6, 6.07) is 7.38. The Kier molecular flexibility index (Phi) is 3.92. The van der Waals surface area contributed by atoms with Gasteiger partial charge in [-0.3, -0.25) is 4.79 Å². The van der Waals surface area contributed by atoms with E-state index in [1.165, 1.54) is 0 Å². The summed E-state index contributed by atoms with van der Waals surface area (Å²) in [5.41, 5.74) is 0.122. The number of amides is 2. The van der Waals surface area contributed by atoms with Crippen molar-refractivity contribution >= 4 is 12.0 Å². The van der Waals surface area contributed by atoms with Gasteiger partial charge in [0, 0.05) is 25.1 Å². The van der Waals surface area contributed by atoms with E-state index in [0.717, 1.165) is 11.3 Å². The molecule has 6 heteroatoms. The highest BCUT2D eigenvalue weighted by Gasteiger charge is 2.42. The molecule has 0 aliphatic carbocycles. The van der Waals surface area contributed by atoms with Gasteiger partial charge in [-0.1, -0.05) is 18.2 Å². The van der Waals surface area contributed by atoms with Crippen LogP contribution in [0.15, 0.2) is 24.3 Å². The Bertz CT molecular complexity index is 633. The lowest BCUT2D eigenvalue weighted by Gasteiger charge is -2.32. The van der Waals surface area contributed by atoms with Crippen LogP contribution in [0, 0.1) is 5.41 Å². The van der Waals surface area contributed by atoms with Gasteiger partial charge in [-0.2, -0.15) is 0 Å². The van der Waals surface area contributed by atoms with Crippen LogP contribution in [-0.2, 0) is 4.79 Å².